The normalized spacial score (nSPS) is 17.4. The molecular weight excluding hydrogens is 518 g/mol. The Bertz CT molecular complexity index is 1070. The lowest BCUT2D eigenvalue weighted by molar-refractivity contribution is -0.137. The SMILES string of the molecule is CCOC(=O)C=C[C@H](C[C@@H]1CCNC1=O)NC(=O)[C@H](CC(C)C)NC(=O)[C@H](CC(C)C)NC(=O)c1cc(C)on1. The van der Waals surface area contributed by atoms with Crippen molar-refractivity contribution in [3.8, 4) is 0 Å². The molecule has 4 atom stereocenters. The van der Waals surface area contributed by atoms with Gasteiger partial charge in [0, 0.05) is 30.6 Å². The Labute approximate surface area is 235 Å². The van der Waals surface area contributed by atoms with Crippen LogP contribution in [0.25, 0.3) is 0 Å². The Morgan fingerprint density at radius 1 is 1.07 bits per heavy atom. The average molecular weight is 562 g/mol. The van der Waals surface area contributed by atoms with Gasteiger partial charge in [-0.15, -0.1) is 0 Å². The summed E-state index contributed by atoms with van der Waals surface area (Å²) in [5.74, 6) is -1.90. The quantitative estimate of drug-likeness (QED) is 0.186. The van der Waals surface area contributed by atoms with Crippen molar-refractivity contribution in [1.82, 2.24) is 26.4 Å². The van der Waals surface area contributed by atoms with Crippen molar-refractivity contribution in [2.24, 2.45) is 17.8 Å². The van der Waals surface area contributed by atoms with Gasteiger partial charge in [-0.2, -0.15) is 0 Å². The maximum Gasteiger partial charge on any atom is 0.330 e. The van der Waals surface area contributed by atoms with E-state index < -0.39 is 41.8 Å². The van der Waals surface area contributed by atoms with E-state index in [9.17, 15) is 24.0 Å². The maximum atomic E-state index is 13.5. The third kappa shape index (κ3) is 10.8. The minimum atomic E-state index is -0.913. The highest BCUT2D eigenvalue weighted by molar-refractivity contribution is 5.97. The largest absolute Gasteiger partial charge is 0.463 e. The van der Waals surface area contributed by atoms with E-state index in [1.165, 1.54) is 18.2 Å². The minimum Gasteiger partial charge on any atom is -0.463 e. The molecule has 1 aliphatic rings. The van der Waals surface area contributed by atoms with Gasteiger partial charge in [0.05, 0.1) is 6.61 Å². The van der Waals surface area contributed by atoms with Crippen LogP contribution in [0, 0.1) is 24.7 Å². The van der Waals surface area contributed by atoms with E-state index in [0.717, 1.165) is 0 Å². The number of esters is 1. The van der Waals surface area contributed by atoms with Crippen molar-refractivity contribution in [1.29, 1.82) is 0 Å². The fourth-order valence-corrected chi connectivity index (χ4v) is 4.41. The van der Waals surface area contributed by atoms with Gasteiger partial charge >= 0.3 is 5.97 Å². The molecule has 1 fully saturated rings. The molecule has 1 saturated heterocycles. The van der Waals surface area contributed by atoms with Gasteiger partial charge in [0.1, 0.15) is 17.8 Å². The summed E-state index contributed by atoms with van der Waals surface area (Å²) in [6.07, 6.45) is 4.33. The van der Waals surface area contributed by atoms with Crippen LogP contribution < -0.4 is 21.3 Å². The molecule has 12 heteroatoms. The van der Waals surface area contributed by atoms with Crippen molar-refractivity contribution in [3.63, 3.8) is 0 Å². The van der Waals surface area contributed by atoms with Crippen molar-refractivity contribution < 1.29 is 33.2 Å². The molecule has 4 amide bonds. The molecule has 0 unspecified atom stereocenters. The fourth-order valence-electron chi connectivity index (χ4n) is 4.41. The summed E-state index contributed by atoms with van der Waals surface area (Å²) in [5, 5.41) is 14.9. The zero-order chi connectivity index (χ0) is 29.8. The van der Waals surface area contributed by atoms with Crippen molar-refractivity contribution in [2.45, 2.75) is 85.4 Å². The van der Waals surface area contributed by atoms with Gasteiger partial charge in [0.25, 0.3) is 5.91 Å². The number of ether oxygens (including phenoxy) is 1. The van der Waals surface area contributed by atoms with E-state index in [2.05, 4.69) is 26.4 Å². The molecule has 0 radical (unpaired) electrons. The molecule has 0 aromatic carbocycles. The molecule has 12 nitrogen and oxygen atoms in total. The zero-order valence-corrected chi connectivity index (χ0v) is 24.2. The van der Waals surface area contributed by atoms with Gasteiger partial charge in [-0.3, -0.25) is 19.2 Å². The first-order chi connectivity index (χ1) is 18.9. The molecule has 4 N–H and O–H groups in total. The van der Waals surface area contributed by atoms with Gasteiger partial charge < -0.3 is 30.5 Å². The van der Waals surface area contributed by atoms with Crippen LogP contribution in [-0.2, 0) is 23.9 Å². The van der Waals surface area contributed by atoms with Gasteiger partial charge in [-0.1, -0.05) is 38.9 Å². The van der Waals surface area contributed by atoms with E-state index in [0.29, 0.717) is 38.0 Å². The van der Waals surface area contributed by atoms with Crippen LogP contribution in [0.15, 0.2) is 22.7 Å². The second-order valence-electron chi connectivity index (χ2n) is 10.9. The summed E-state index contributed by atoms with van der Waals surface area (Å²) in [4.78, 5) is 63.6. The van der Waals surface area contributed by atoms with E-state index in [-0.39, 0.29) is 36.0 Å². The van der Waals surface area contributed by atoms with Gasteiger partial charge in [-0.05, 0) is 51.4 Å². The smallest absolute Gasteiger partial charge is 0.330 e. The second kappa shape index (κ2) is 15.8. The lowest BCUT2D eigenvalue weighted by Gasteiger charge is -2.26. The number of nitrogens with zero attached hydrogens (tertiary/aromatic N) is 1. The highest BCUT2D eigenvalue weighted by Gasteiger charge is 2.31. The molecule has 0 aliphatic carbocycles. The Morgan fingerprint density at radius 3 is 2.23 bits per heavy atom. The molecule has 2 heterocycles. The summed E-state index contributed by atoms with van der Waals surface area (Å²) >= 11 is 0. The molecule has 222 valence electrons. The molecule has 40 heavy (non-hydrogen) atoms. The first-order valence-electron chi connectivity index (χ1n) is 13.9. The summed E-state index contributed by atoms with van der Waals surface area (Å²) in [5.41, 5.74) is 0.0581. The Balaban J connectivity index is 2.19. The number of aromatic nitrogens is 1. The molecule has 0 bridgehead atoms. The topological polar surface area (TPSA) is 169 Å². The number of carbonyl (C=O) groups is 5. The van der Waals surface area contributed by atoms with Crippen LogP contribution in [-0.4, -0.2) is 66.0 Å². The maximum absolute atomic E-state index is 13.5. The highest BCUT2D eigenvalue weighted by atomic mass is 16.5. The van der Waals surface area contributed by atoms with Crippen LogP contribution in [0.1, 0.15) is 76.6 Å². The van der Waals surface area contributed by atoms with Crippen LogP contribution in [0.4, 0.5) is 0 Å². The minimum absolute atomic E-state index is 0.0569. The third-order valence-electron chi connectivity index (χ3n) is 6.31. The number of aryl methyl sites for hydroxylation is 1. The average Bonchev–Trinajstić information content (AvgIpc) is 3.49. The Kier molecular flexibility index (Phi) is 12.8. The molecule has 1 aliphatic heterocycles. The van der Waals surface area contributed by atoms with E-state index in [1.807, 2.05) is 27.7 Å². The van der Waals surface area contributed by atoms with E-state index >= 15 is 0 Å². The predicted molar refractivity (Wildman–Crippen MR) is 147 cm³/mol. The van der Waals surface area contributed by atoms with Gasteiger partial charge in [0.2, 0.25) is 17.7 Å². The standard InChI is InChI=1S/C28H43N5O7/c1-7-39-24(34)9-8-20(15-19-10-11-29-25(19)35)30-26(36)21(12-16(2)3)31-27(37)22(13-17(4)5)32-28(38)23-14-18(6)40-33-23/h8-9,14,16-17,19-22H,7,10-13,15H2,1-6H3,(H,29,35)(H,30,36)(H,31,37)(H,32,38)/t19-,20+,21-,22-/m0/s1. The first kappa shape index (κ1) is 32.5. The molecule has 1 aromatic rings. The molecule has 0 spiro atoms. The number of hydrogen-bond acceptors (Lipinski definition) is 8. The van der Waals surface area contributed by atoms with Crippen molar-refractivity contribution >= 4 is 29.6 Å². The summed E-state index contributed by atoms with van der Waals surface area (Å²) in [6, 6.07) is -0.986. The summed E-state index contributed by atoms with van der Waals surface area (Å²) < 4.78 is 9.91. The molecular formula is C28H43N5O7. The Hall–Kier alpha value is -3.70. The van der Waals surface area contributed by atoms with Crippen LogP contribution in [0.3, 0.4) is 0 Å². The van der Waals surface area contributed by atoms with Gasteiger partial charge in [0.15, 0.2) is 5.69 Å². The lowest BCUT2D eigenvalue weighted by Crippen LogP contribution is -2.55. The third-order valence-corrected chi connectivity index (χ3v) is 6.31. The number of nitrogens with one attached hydrogen (secondary N) is 4. The van der Waals surface area contributed by atoms with Gasteiger partial charge in [-0.25, -0.2) is 4.79 Å². The van der Waals surface area contributed by atoms with Crippen LogP contribution in [0.5, 0.6) is 0 Å². The monoisotopic (exact) mass is 561 g/mol. The Morgan fingerprint density at radius 2 is 1.70 bits per heavy atom. The van der Waals surface area contributed by atoms with Crippen molar-refractivity contribution in [2.75, 3.05) is 13.2 Å². The second-order valence-corrected chi connectivity index (χ2v) is 10.9. The number of rotatable bonds is 15. The van der Waals surface area contributed by atoms with E-state index in [4.69, 9.17) is 9.26 Å². The van der Waals surface area contributed by atoms with Crippen LogP contribution in [0.2, 0.25) is 0 Å². The lowest BCUT2D eigenvalue weighted by atomic mass is 9.96. The van der Waals surface area contributed by atoms with Crippen molar-refractivity contribution in [3.05, 3.63) is 29.7 Å². The first-order valence-corrected chi connectivity index (χ1v) is 13.9. The summed E-state index contributed by atoms with van der Waals surface area (Å²) in [7, 11) is 0. The van der Waals surface area contributed by atoms with E-state index in [1.54, 1.807) is 13.8 Å². The number of amides is 4. The van der Waals surface area contributed by atoms with Crippen LogP contribution >= 0.6 is 0 Å². The highest BCUT2D eigenvalue weighted by Crippen LogP contribution is 2.18. The molecule has 0 saturated carbocycles. The zero-order valence-electron chi connectivity index (χ0n) is 24.2. The molecule has 2 rings (SSSR count). The molecule has 1 aromatic heterocycles. The fraction of sp³-hybridized carbons (Fsp3) is 0.643. The predicted octanol–water partition coefficient (Wildman–Crippen LogP) is 1.79. The summed E-state index contributed by atoms with van der Waals surface area (Å²) in [6.45, 7) is 11.8. The number of hydrogen-bond donors (Lipinski definition) is 4. The number of carbonyl (C=O) groups excluding carboxylic acids is 5.